The summed E-state index contributed by atoms with van der Waals surface area (Å²) in [5, 5.41) is 0.770. The third-order valence-corrected chi connectivity index (χ3v) is 4.08. The number of aromatic nitrogens is 2. The first-order valence-electron chi connectivity index (χ1n) is 8.70. The van der Waals surface area contributed by atoms with E-state index in [0.29, 0.717) is 28.5 Å². The number of nitrogens with zero attached hydrogens (tertiary/aromatic N) is 2. The standard InChI is InChI=1S/C22H17N3O3/c23-21-18-8-4-5-9-19(18)24-20(25-21)14-27-22(26)15-10-12-17(13-11-15)28-16-6-2-1-3-7-16/h1-13H,14H2,(H2,23,24,25). The molecule has 4 rings (SSSR count). The van der Waals surface area contributed by atoms with Gasteiger partial charge in [-0.1, -0.05) is 30.3 Å². The van der Waals surface area contributed by atoms with Crippen LogP contribution in [0.5, 0.6) is 11.5 Å². The van der Waals surface area contributed by atoms with Crippen LogP contribution >= 0.6 is 0 Å². The lowest BCUT2D eigenvalue weighted by atomic mass is 10.2. The molecule has 2 N–H and O–H groups in total. The van der Waals surface area contributed by atoms with Crippen LogP contribution in [0.4, 0.5) is 5.82 Å². The Hall–Kier alpha value is -3.93. The molecule has 0 spiro atoms. The molecule has 0 atom stereocenters. The Labute approximate surface area is 161 Å². The number of hydrogen-bond donors (Lipinski definition) is 1. The van der Waals surface area contributed by atoms with Crippen LogP contribution in [0.15, 0.2) is 78.9 Å². The summed E-state index contributed by atoms with van der Waals surface area (Å²) < 4.78 is 11.0. The molecule has 28 heavy (non-hydrogen) atoms. The molecule has 0 amide bonds. The average Bonchev–Trinajstić information content (AvgIpc) is 2.73. The van der Waals surface area contributed by atoms with E-state index in [1.54, 1.807) is 24.3 Å². The van der Waals surface area contributed by atoms with Gasteiger partial charge in [0, 0.05) is 5.39 Å². The van der Waals surface area contributed by atoms with Crippen molar-refractivity contribution in [3.05, 3.63) is 90.3 Å². The fourth-order valence-electron chi connectivity index (χ4n) is 2.71. The smallest absolute Gasteiger partial charge is 0.338 e. The van der Waals surface area contributed by atoms with Crippen molar-refractivity contribution < 1.29 is 14.3 Å². The number of carbonyl (C=O) groups excluding carboxylic acids is 1. The van der Waals surface area contributed by atoms with Crippen LogP contribution in [0, 0.1) is 0 Å². The van der Waals surface area contributed by atoms with Crippen molar-refractivity contribution in [1.29, 1.82) is 0 Å². The number of ether oxygens (including phenoxy) is 2. The second-order valence-electron chi connectivity index (χ2n) is 6.06. The van der Waals surface area contributed by atoms with Gasteiger partial charge < -0.3 is 15.2 Å². The lowest BCUT2D eigenvalue weighted by molar-refractivity contribution is 0.0462. The van der Waals surface area contributed by atoms with Crippen LogP contribution in [-0.4, -0.2) is 15.9 Å². The van der Waals surface area contributed by atoms with Crippen molar-refractivity contribution in [3.63, 3.8) is 0 Å². The number of nitrogens with two attached hydrogens (primary N) is 1. The van der Waals surface area contributed by atoms with Crippen LogP contribution in [-0.2, 0) is 11.3 Å². The lowest BCUT2D eigenvalue weighted by Gasteiger charge is -2.08. The first kappa shape index (κ1) is 17.5. The molecule has 6 heteroatoms. The summed E-state index contributed by atoms with van der Waals surface area (Å²) in [6.07, 6.45) is 0. The Bertz CT molecular complexity index is 1110. The number of rotatable bonds is 5. The van der Waals surface area contributed by atoms with Gasteiger partial charge in [0.15, 0.2) is 12.4 Å². The molecule has 0 fully saturated rings. The maximum Gasteiger partial charge on any atom is 0.338 e. The zero-order chi connectivity index (χ0) is 19.3. The van der Waals surface area contributed by atoms with Gasteiger partial charge in [0.2, 0.25) is 0 Å². The van der Waals surface area contributed by atoms with Gasteiger partial charge in [0.1, 0.15) is 17.3 Å². The zero-order valence-electron chi connectivity index (χ0n) is 14.9. The number of nitrogen functional groups attached to an aromatic ring is 1. The van der Waals surface area contributed by atoms with Gasteiger partial charge in [0.05, 0.1) is 11.1 Å². The molecule has 0 aliphatic carbocycles. The highest BCUT2D eigenvalue weighted by Gasteiger charge is 2.11. The van der Waals surface area contributed by atoms with Crippen LogP contribution in [0.25, 0.3) is 10.9 Å². The number of fused-ring (bicyclic) bond motifs is 1. The number of carbonyl (C=O) groups is 1. The quantitative estimate of drug-likeness (QED) is 0.525. The van der Waals surface area contributed by atoms with E-state index >= 15 is 0 Å². The largest absolute Gasteiger partial charge is 0.457 e. The van der Waals surface area contributed by atoms with E-state index in [4.69, 9.17) is 15.2 Å². The van der Waals surface area contributed by atoms with Gasteiger partial charge in [0.25, 0.3) is 0 Å². The molecule has 138 valence electrons. The summed E-state index contributed by atoms with van der Waals surface area (Å²) in [5.41, 5.74) is 7.07. The Morgan fingerprint density at radius 1 is 0.821 bits per heavy atom. The Morgan fingerprint density at radius 3 is 2.29 bits per heavy atom. The van der Waals surface area contributed by atoms with E-state index in [0.717, 1.165) is 11.1 Å². The number of esters is 1. The van der Waals surface area contributed by atoms with Crippen molar-refractivity contribution in [3.8, 4) is 11.5 Å². The van der Waals surface area contributed by atoms with Gasteiger partial charge in [-0.25, -0.2) is 14.8 Å². The lowest BCUT2D eigenvalue weighted by Crippen LogP contribution is -2.08. The monoisotopic (exact) mass is 371 g/mol. The summed E-state index contributed by atoms with van der Waals surface area (Å²) >= 11 is 0. The van der Waals surface area contributed by atoms with E-state index in [1.165, 1.54) is 0 Å². The number of para-hydroxylation sites is 2. The second-order valence-corrected chi connectivity index (χ2v) is 6.06. The fourth-order valence-corrected chi connectivity index (χ4v) is 2.71. The van der Waals surface area contributed by atoms with Crippen molar-refractivity contribution in [1.82, 2.24) is 9.97 Å². The summed E-state index contributed by atoms with van der Waals surface area (Å²) in [7, 11) is 0. The molecule has 0 saturated heterocycles. The molecule has 1 aromatic heterocycles. The minimum Gasteiger partial charge on any atom is -0.457 e. The summed E-state index contributed by atoms with van der Waals surface area (Å²) in [4.78, 5) is 20.9. The van der Waals surface area contributed by atoms with Crippen molar-refractivity contribution in [2.24, 2.45) is 0 Å². The van der Waals surface area contributed by atoms with Crippen LogP contribution < -0.4 is 10.5 Å². The summed E-state index contributed by atoms with van der Waals surface area (Å²) in [6, 6.07) is 23.6. The van der Waals surface area contributed by atoms with E-state index < -0.39 is 5.97 Å². The normalized spacial score (nSPS) is 10.6. The molecule has 0 aliphatic heterocycles. The average molecular weight is 371 g/mol. The molecule has 0 radical (unpaired) electrons. The highest BCUT2D eigenvalue weighted by molar-refractivity contribution is 5.90. The molecule has 0 saturated carbocycles. The van der Waals surface area contributed by atoms with Crippen molar-refractivity contribution >= 4 is 22.7 Å². The topological polar surface area (TPSA) is 87.3 Å². The predicted octanol–water partition coefficient (Wildman–Crippen LogP) is 4.36. The summed E-state index contributed by atoms with van der Waals surface area (Å²) in [6.45, 7) is -0.0594. The first-order valence-corrected chi connectivity index (χ1v) is 8.70. The van der Waals surface area contributed by atoms with Gasteiger partial charge in [-0.2, -0.15) is 0 Å². The molecular weight excluding hydrogens is 354 g/mol. The van der Waals surface area contributed by atoms with E-state index in [2.05, 4.69) is 9.97 Å². The molecular formula is C22H17N3O3. The Balaban J connectivity index is 1.41. The maximum absolute atomic E-state index is 12.3. The molecule has 1 heterocycles. The zero-order valence-corrected chi connectivity index (χ0v) is 14.9. The first-order chi connectivity index (χ1) is 13.7. The van der Waals surface area contributed by atoms with Crippen LogP contribution in [0.2, 0.25) is 0 Å². The van der Waals surface area contributed by atoms with E-state index in [9.17, 15) is 4.79 Å². The van der Waals surface area contributed by atoms with Gasteiger partial charge in [-0.3, -0.25) is 0 Å². The van der Waals surface area contributed by atoms with Crippen LogP contribution in [0.3, 0.4) is 0 Å². The highest BCUT2D eigenvalue weighted by atomic mass is 16.5. The fraction of sp³-hybridized carbons (Fsp3) is 0.0455. The Kier molecular flexibility index (Phi) is 4.84. The SMILES string of the molecule is Nc1nc(COC(=O)c2ccc(Oc3ccccc3)cc2)nc2ccccc12. The molecule has 0 bridgehead atoms. The number of anilines is 1. The highest BCUT2D eigenvalue weighted by Crippen LogP contribution is 2.22. The molecule has 4 aromatic rings. The predicted molar refractivity (Wildman–Crippen MR) is 106 cm³/mol. The van der Waals surface area contributed by atoms with E-state index in [1.807, 2.05) is 54.6 Å². The molecule has 0 aliphatic rings. The third-order valence-electron chi connectivity index (χ3n) is 4.08. The maximum atomic E-state index is 12.3. The van der Waals surface area contributed by atoms with Crippen LogP contribution in [0.1, 0.15) is 16.2 Å². The number of hydrogen-bond acceptors (Lipinski definition) is 6. The number of benzene rings is 3. The third kappa shape index (κ3) is 3.91. The molecule has 0 unspecified atom stereocenters. The minimum atomic E-state index is -0.471. The van der Waals surface area contributed by atoms with Gasteiger partial charge >= 0.3 is 5.97 Å². The molecule has 6 nitrogen and oxygen atoms in total. The van der Waals surface area contributed by atoms with Gasteiger partial charge in [-0.05, 0) is 48.5 Å². The molecule has 3 aromatic carbocycles. The van der Waals surface area contributed by atoms with Gasteiger partial charge in [-0.15, -0.1) is 0 Å². The Morgan fingerprint density at radius 2 is 1.50 bits per heavy atom. The summed E-state index contributed by atoms with van der Waals surface area (Å²) in [5.74, 6) is 1.60. The van der Waals surface area contributed by atoms with E-state index in [-0.39, 0.29) is 6.61 Å². The minimum absolute atomic E-state index is 0.0594. The second kappa shape index (κ2) is 7.75. The van der Waals surface area contributed by atoms with Crippen molar-refractivity contribution in [2.75, 3.05) is 5.73 Å². The van der Waals surface area contributed by atoms with Crippen molar-refractivity contribution in [2.45, 2.75) is 6.61 Å².